The lowest BCUT2D eigenvalue weighted by atomic mass is 9.90. The van der Waals surface area contributed by atoms with Crippen molar-refractivity contribution in [3.8, 4) is 0 Å². The van der Waals surface area contributed by atoms with E-state index in [4.69, 9.17) is 11.6 Å². The Bertz CT molecular complexity index is 918. The van der Waals surface area contributed by atoms with Gasteiger partial charge in [0.1, 0.15) is 6.04 Å². The van der Waals surface area contributed by atoms with Crippen LogP contribution >= 0.6 is 27.5 Å². The quantitative estimate of drug-likeness (QED) is 0.661. The topological polar surface area (TPSA) is 43.9 Å². The van der Waals surface area contributed by atoms with Crippen molar-refractivity contribution in [2.75, 3.05) is 18.0 Å². The maximum atomic E-state index is 13.4. The fraction of sp³-hybridized carbons (Fsp3) is 0.300. The number of hydrogen-bond acceptors (Lipinski definition) is 4. The van der Waals surface area contributed by atoms with Crippen LogP contribution in [-0.4, -0.2) is 41.0 Å². The molecule has 0 aromatic heterocycles. The molecule has 0 unspecified atom stereocenters. The number of rotatable bonds is 2. The molecular formula is C20H17BrClN3O2. The fourth-order valence-corrected chi connectivity index (χ4v) is 5.01. The molecule has 3 fully saturated rings. The molecule has 27 heavy (non-hydrogen) atoms. The molecule has 0 spiro atoms. The summed E-state index contributed by atoms with van der Waals surface area (Å²) in [4.78, 5) is 28.0. The van der Waals surface area contributed by atoms with Crippen molar-refractivity contribution in [3.05, 3.63) is 63.6 Å². The van der Waals surface area contributed by atoms with Crippen molar-refractivity contribution in [2.24, 2.45) is 5.92 Å². The Hall–Kier alpha value is -1.73. The number of carbonyl (C=O) groups excluding carboxylic acids is 2. The summed E-state index contributed by atoms with van der Waals surface area (Å²) in [6, 6.07) is 14.4. The molecule has 5 nitrogen and oxygen atoms in total. The summed E-state index contributed by atoms with van der Waals surface area (Å²) in [6.45, 7) is 1.66. The maximum absolute atomic E-state index is 13.4. The van der Waals surface area contributed by atoms with E-state index < -0.39 is 12.0 Å². The molecule has 138 valence electrons. The first kappa shape index (κ1) is 17.4. The van der Waals surface area contributed by atoms with E-state index in [1.165, 1.54) is 4.90 Å². The minimum atomic E-state index is -0.427. The Balaban J connectivity index is 1.57. The highest BCUT2D eigenvalue weighted by Gasteiger charge is 2.62. The summed E-state index contributed by atoms with van der Waals surface area (Å²) in [5.41, 5.74) is 1.65. The van der Waals surface area contributed by atoms with Gasteiger partial charge in [0, 0.05) is 22.6 Å². The minimum absolute atomic E-state index is 0.123. The minimum Gasteiger partial charge on any atom is -0.274 e. The number of nitrogens with zero attached hydrogens (tertiary/aromatic N) is 3. The monoisotopic (exact) mass is 445 g/mol. The Labute approximate surface area is 170 Å². The summed E-state index contributed by atoms with van der Waals surface area (Å²) in [5, 5.41) is 4.97. The Kier molecular flexibility index (Phi) is 4.13. The molecule has 2 aromatic carbocycles. The van der Waals surface area contributed by atoms with Crippen molar-refractivity contribution < 1.29 is 9.59 Å². The molecule has 0 radical (unpaired) electrons. The third-order valence-electron chi connectivity index (χ3n) is 5.70. The van der Waals surface area contributed by atoms with Crippen LogP contribution in [0.25, 0.3) is 0 Å². The summed E-state index contributed by atoms with van der Waals surface area (Å²) in [5.74, 6) is -0.653. The van der Waals surface area contributed by atoms with Gasteiger partial charge in [0.05, 0.1) is 17.6 Å². The van der Waals surface area contributed by atoms with Crippen LogP contribution in [0, 0.1) is 5.92 Å². The smallest absolute Gasteiger partial charge is 0.253 e. The predicted octanol–water partition coefficient (Wildman–Crippen LogP) is 3.64. The van der Waals surface area contributed by atoms with Crippen LogP contribution in [0.5, 0.6) is 0 Å². The highest BCUT2D eigenvalue weighted by molar-refractivity contribution is 9.10. The lowest BCUT2D eigenvalue weighted by Crippen LogP contribution is -2.44. The fourth-order valence-electron chi connectivity index (χ4n) is 4.62. The number of amides is 2. The third kappa shape index (κ3) is 2.58. The molecule has 0 N–H and O–H groups in total. The highest BCUT2D eigenvalue weighted by Crippen LogP contribution is 2.49. The normalized spacial score (nSPS) is 28.1. The molecular weight excluding hydrogens is 430 g/mol. The van der Waals surface area contributed by atoms with Gasteiger partial charge in [0.2, 0.25) is 5.91 Å². The van der Waals surface area contributed by atoms with Crippen LogP contribution in [0.3, 0.4) is 0 Å². The number of hydrogen-bond donors (Lipinski definition) is 0. The van der Waals surface area contributed by atoms with Crippen LogP contribution in [0.1, 0.15) is 18.0 Å². The van der Waals surface area contributed by atoms with Gasteiger partial charge in [-0.3, -0.25) is 9.59 Å². The number of fused-ring (bicyclic) bond motifs is 3. The highest BCUT2D eigenvalue weighted by atomic mass is 79.9. The summed E-state index contributed by atoms with van der Waals surface area (Å²) >= 11 is 9.45. The summed E-state index contributed by atoms with van der Waals surface area (Å²) in [7, 11) is 0. The van der Waals surface area contributed by atoms with Gasteiger partial charge in [0.15, 0.2) is 0 Å². The van der Waals surface area contributed by atoms with E-state index >= 15 is 0 Å². The van der Waals surface area contributed by atoms with E-state index in [1.54, 1.807) is 12.1 Å². The molecule has 3 aliphatic rings. The predicted molar refractivity (Wildman–Crippen MR) is 106 cm³/mol. The number of benzene rings is 2. The molecule has 3 atom stereocenters. The number of carbonyl (C=O) groups is 2. The van der Waals surface area contributed by atoms with E-state index in [2.05, 4.69) is 25.9 Å². The molecule has 5 rings (SSSR count). The van der Waals surface area contributed by atoms with Crippen molar-refractivity contribution in [1.82, 2.24) is 10.0 Å². The maximum Gasteiger partial charge on any atom is 0.253 e. The first-order chi connectivity index (χ1) is 13.1. The van der Waals surface area contributed by atoms with Crippen LogP contribution in [0.4, 0.5) is 5.69 Å². The van der Waals surface area contributed by atoms with Crippen molar-refractivity contribution in [3.63, 3.8) is 0 Å². The first-order valence-corrected chi connectivity index (χ1v) is 10.2. The van der Waals surface area contributed by atoms with E-state index in [-0.39, 0.29) is 17.9 Å². The van der Waals surface area contributed by atoms with Crippen LogP contribution in [0.15, 0.2) is 53.0 Å². The Morgan fingerprint density at radius 3 is 2.15 bits per heavy atom. The van der Waals surface area contributed by atoms with Gasteiger partial charge in [0.25, 0.3) is 5.91 Å². The van der Waals surface area contributed by atoms with Crippen molar-refractivity contribution >= 4 is 45.0 Å². The second kappa shape index (κ2) is 6.41. The summed E-state index contributed by atoms with van der Waals surface area (Å²) in [6.07, 6.45) is 0.993. The zero-order valence-corrected chi connectivity index (χ0v) is 16.7. The van der Waals surface area contributed by atoms with E-state index in [0.29, 0.717) is 10.7 Å². The molecule has 7 heteroatoms. The molecule has 3 heterocycles. The Morgan fingerprint density at radius 1 is 0.852 bits per heavy atom. The average Bonchev–Trinajstić information content (AvgIpc) is 3.30. The second-order valence-corrected chi connectivity index (χ2v) is 8.49. The molecule has 3 aliphatic heterocycles. The van der Waals surface area contributed by atoms with Gasteiger partial charge in [-0.25, -0.2) is 14.9 Å². The van der Waals surface area contributed by atoms with Gasteiger partial charge >= 0.3 is 0 Å². The Morgan fingerprint density at radius 2 is 1.48 bits per heavy atom. The van der Waals surface area contributed by atoms with Gasteiger partial charge in [-0.2, -0.15) is 0 Å². The average molecular weight is 447 g/mol. The number of hydrazine groups is 1. The van der Waals surface area contributed by atoms with E-state index in [0.717, 1.165) is 29.5 Å². The van der Waals surface area contributed by atoms with Crippen LogP contribution in [-0.2, 0) is 9.59 Å². The van der Waals surface area contributed by atoms with Gasteiger partial charge < -0.3 is 0 Å². The van der Waals surface area contributed by atoms with Crippen molar-refractivity contribution in [1.29, 1.82) is 0 Å². The lowest BCUT2D eigenvalue weighted by molar-refractivity contribution is -0.126. The first-order valence-electron chi connectivity index (χ1n) is 8.98. The molecule has 3 saturated heterocycles. The van der Waals surface area contributed by atoms with Crippen LogP contribution < -0.4 is 4.90 Å². The largest absolute Gasteiger partial charge is 0.274 e. The zero-order valence-electron chi connectivity index (χ0n) is 14.4. The van der Waals surface area contributed by atoms with Gasteiger partial charge in [-0.05, 0) is 48.4 Å². The second-order valence-electron chi connectivity index (χ2n) is 7.14. The van der Waals surface area contributed by atoms with E-state index in [1.807, 2.05) is 36.4 Å². The third-order valence-corrected chi connectivity index (χ3v) is 6.48. The van der Waals surface area contributed by atoms with Crippen molar-refractivity contribution in [2.45, 2.75) is 18.5 Å². The van der Waals surface area contributed by atoms with Crippen LogP contribution in [0.2, 0.25) is 5.02 Å². The molecule has 0 aliphatic carbocycles. The molecule has 0 bridgehead atoms. The zero-order chi connectivity index (χ0) is 18.7. The molecule has 2 amide bonds. The molecule has 0 saturated carbocycles. The van der Waals surface area contributed by atoms with Gasteiger partial charge in [-0.1, -0.05) is 39.7 Å². The number of anilines is 1. The summed E-state index contributed by atoms with van der Waals surface area (Å²) < 4.78 is 0.912. The standard InChI is InChI=1S/C20H17BrClN3O2/c21-13-4-8-15(9-5-13)25-19(26)16-17(12-2-6-14(22)7-3-12)23-10-1-11-24(23)18(16)20(25)27/h2-9,16-18H,1,10-11H2/t16-,17-,18-/m1/s1. The van der Waals surface area contributed by atoms with Gasteiger partial charge in [-0.15, -0.1) is 0 Å². The number of halogens is 2. The number of imide groups is 1. The lowest BCUT2D eigenvalue weighted by Gasteiger charge is -2.29. The SMILES string of the molecule is O=C1[C@@H]2[C@@H](c3ccc(Cl)cc3)N3CCCN3[C@H]2C(=O)N1c1ccc(Br)cc1. The molecule has 2 aromatic rings. The van der Waals surface area contributed by atoms with E-state index in [9.17, 15) is 9.59 Å².